The summed E-state index contributed by atoms with van der Waals surface area (Å²) in [5, 5.41) is 5.61. The van der Waals surface area contributed by atoms with Crippen LogP contribution in [0.3, 0.4) is 0 Å². The highest BCUT2D eigenvalue weighted by Gasteiger charge is 2.38. The van der Waals surface area contributed by atoms with Crippen LogP contribution in [0, 0.1) is 11.3 Å². The van der Waals surface area contributed by atoms with E-state index in [1.54, 1.807) is 23.1 Å². The van der Waals surface area contributed by atoms with E-state index < -0.39 is 5.41 Å². The molecule has 148 valence electrons. The third-order valence-corrected chi connectivity index (χ3v) is 4.50. The molecule has 0 radical (unpaired) electrons. The van der Waals surface area contributed by atoms with Crippen LogP contribution in [-0.4, -0.2) is 25.1 Å². The van der Waals surface area contributed by atoms with E-state index in [1.165, 1.54) is 0 Å². The summed E-state index contributed by atoms with van der Waals surface area (Å²) < 4.78 is 5.91. The quantitative estimate of drug-likeness (QED) is 0.804. The number of nitrogens with one attached hydrogen (secondary N) is 2. The van der Waals surface area contributed by atoms with E-state index in [4.69, 9.17) is 4.74 Å². The van der Waals surface area contributed by atoms with E-state index >= 15 is 0 Å². The molecule has 6 nitrogen and oxygen atoms in total. The molecule has 0 fully saturated rings. The number of hydrogen-bond acceptors (Lipinski definition) is 3. The molecule has 0 atom stereocenters. The second-order valence-electron chi connectivity index (χ2n) is 8.11. The summed E-state index contributed by atoms with van der Waals surface area (Å²) >= 11 is 0. The SMILES string of the molecule is CC(C)CN1C(=O)C(C)(C)COc2ccc(NC(=O)Nc3ccccc3)cc21. The normalized spacial score (nSPS) is 15.5. The fraction of sp³-hybridized carbons (Fsp3) is 0.364. The van der Waals surface area contributed by atoms with Gasteiger partial charge in [-0.05, 0) is 50.1 Å². The van der Waals surface area contributed by atoms with Crippen LogP contribution in [0.4, 0.5) is 21.9 Å². The number of ether oxygens (including phenoxy) is 1. The van der Waals surface area contributed by atoms with Gasteiger partial charge < -0.3 is 20.3 Å². The van der Waals surface area contributed by atoms with Crippen molar-refractivity contribution in [3.05, 3.63) is 48.5 Å². The monoisotopic (exact) mass is 381 g/mol. The number of carbonyl (C=O) groups is 2. The molecule has 2 N–H and O–H groups in total. The predicted molar refractivity (Wildman–Crippen MR) is 112 cm³/mol. The van der Waals surface area contributed by atoms with E-state index in [0.29, 0.717) is 41.9 Å². The van der Waals surface area contributed by atoms with Crippen LogP contribution in [0.25, 0.3) is 0 Å². The standard InChI is InChI=1S/C22H27N3O3/c1-15(2)13-25-18-12-17(24-21(27)23-16-8-6-5-7-9-16)10-11-19(18)28-14-22(3,4)20(25)26/h5-12,15H,13-14H2,1-4H3,(H2,23,24,27). The van der Waals surface area contributed by atoms with Crippen molar-refractivity contribution in [2.45, 2.75) is 27.7 Å². The molecule has 3 amide bonds. The average Bonchev–Trinajstić information content (AvgIpc) is 2.73. The fourth-order valence-corrected chi connectivity index (χ4v) is 3.08. The van der Waals surface area contributed by atoms with Crippen LogP contribution in [0.5, 0.6) is 5.75 Å². The number of carbonyl (C=O) groups excluding carboxylic acids is 2. The molecule has 2 aromatic rings. The highest BCUT2D eigenvalue weighted by molar-refractivity contribution is 6.02. The minimum Gasteiger partial charge on any atom is -0.490 e. The Balaban J connectivity index is 1.85. The third-order valence-electron chi connectivity index (χ3n) is 4.50. The summed E-state index contributed by atoms with van der Waals surface area (Å²) in [6, 6.07) is 14.3. The largest absolute Gasteiger partial charge is 0.490 e. The lowest BCUT2D eigenvalue weighted by Gasteiger charge is -2.29. The summed E-state index contributed by atoms with van der Waals surface area (Å²) in [5.41, 5.74) is 1.36. The molecule has 1 heterocycles. The third kappa shape index (κ3) is 4.44. The van der Waals surface area contributed by atoms with Gasteiger partial charge in [0.1, 0.15) is 12.4 Å². The second-order valence-corrected chi connectivity index (χ2v) is 8.11. The maximum absolute atomic E-state index is 13.1. The number of fused-ring (bicyclic) bond motifs is 1. The average molecular weight is 381 g/mol. The molecular formula is C22H27N3O3. The van der Waals surface area contributed by atoms with E-state index in [2.05, 4.69) is 24.5 Å². The number of anilines is 3. The molecule has 0 aromatic heterocycles. The Hall–Kier alpha value is -3.02. The minimum atomic E-state index is -0.619. The van der Waals surface area contributed by atoms with Gasteiger partial charge in [0.25, 0.3) is 0 Å². The van der Waals surface area contributed by atoms with Gasteiger partial charge in [-0.1, -0.05) is 32.0 Å². The Morgan fingerprint density at radius 2 is 1.79 bits per heavy atom. The maximum Gasteiger partial charge on any atom is 0.323 e. The van der Waals surface area contributed by atoms with Crippen molar-refractivity contribution in [1.82, 2.24) is 0 Å². The van der Waals surface area contributed by atoms with Crippen molar-refractivity contribution in [2.24, 2.45) is 11.3 Å². The van der Waals surface area contributed by atoms with E-state index in [0.717, 1.165) is 0 Å². The topological polar surface area (TPSA) is 70.7 Å². The molecule has 0 aliphatic carbocycles. The Labute approximate surface area is 165 Å². The molecule has 2 aromatic carbocycles. The molecule has 0 spiro atoms. The maximum atomic E-state index is 13.1. The van der Waals surface area contributed by atoms with Crippen molar-refractivity contribution in [3.63, 3.8) is 0 Å². The van der Waals surface area contributed by atoms with Crippen LogP contribution >= 0.6 is 0 Å². The van der Waals surface area contributed by atoms with Crippen molar-refractivity contribution >= 4 is 29.0 Å². The number of urea groups is 1. The van der Waals surface area contributed by atoms with E-state index in [-0.39, 0.29) is 11.9 Å². The fourth-order valence-electron chi connectivity index (χ4n) is 3.08. The van der Waals surface area contributed by atoms with Gasteiger partial charge >= 0.3 is 6.03 Å². The van der Waals surface area contributed by atoms with Gasteiger partial charge in [-0.2, -0.15) is 0 Å². The predicted octanol–water partition coefficient (Wildman–Crippen LogP) is 4.74. The van der Waals surface area contributed by atoms with Gasteiger partial charge in [0.05, 0.1) is 11.1 Å². The van der Waals surface area contributed by atoms with Gasteiger partial charge in [-0.25, -0.2) is 4.79 Å². The molecule has 6 heteroatoms. The Morgan fingerprint density at radius 1 is 1.11 bits per heavy atom. The Kier molecular flexibility index (Phi) is 5.58. The molecular weight excluding hydrogens is 354 g/mol. The Bertz CT molecular complexity index is 863. The molecule has 0 saturated carbocycles. The first-order valence-corrected chi connectivity index (χ1v) is 9.48. The molecule has 3 rings (SSSR count). The molecule has 1 aliphatic heterocycles. The van der Waals surface area contributed by atoms with Crippen molar-refractivity contribution in [2.75, 3.05) is 28.7 Å². The zero-order valence-corrected chi connectivity index (χ0v) is 16.8. The zero-order valence-electron chi connectivity index (χ0n) is 16.8. The molecule has 0 unspecified atom stereocenters. The summed E-state index contributed by atoms with van der Waals surface area (Å²) in [6.45, 7) is 8.82. The number of rotatable bonds is 4. The Morgan fingerprint density at radius 3 is 2.46 bits per heavy atom. The van der Waals surface area contributed by atoms with Crippen LogP contribution < -0.4 is 20.3 Å². The first-order chi connectivity index (χ1) is 13.3. The lowest BCUT2D eigenvalue weighted by molar-refractivity contribution is -0.127. The van der Waals surface area contributed by atoms with E-state index in [1.807, 2.05) is 44.2 Å². The summed E-state index contributed by atoms with van der Waals surface area (Å²) in [4.78, 5) is 27.2. The first kappa shape index (κ1) is 19.7. The summed E-state index contributed by atoms with van der Waals surface area (Å²) in [6.07, 6.45) is 0. The highest BCUT2D eigenvalue weighted by Crippen LogP contribution is 2.38. The smallest absolute Gasteiger partial charge is 0.323 e. The van der Waals surface area contributed by atoms with Crippen LogP contribution in [0.2, 0.25) is 0 Å². The van der Waals surface area contributed by atoms with Crippen LogP contribution in [0.15, 0.2) is 48.5 Å². The number of hydrogen-bond donors (Lipinski definition) is 2. The van der Waals surface area contributed by atoms with Crippen LogP contribution in [0.1, 0.15) is 27.7 Å². The number of benzene rings is 2. The summed E-state index contributed by atoms with van der Waals surface area (Å²) in [5.74, 6) is 0.961. The number of amides is 3. The van der Waals surface area contributed by atoms with Crippen molar-refractivity contribution in [3.8, 4) is 5.75 Å². The highest BCUT2D eigenvalue weighted by atomic mass is 16.5. The first-order valence-electron chi connectivity index (χ1n) is 9.48. The zero-order chi connectivity index (χ0) is 20.3. The lowest BCUT2D eigenvalue weighted by atomic mass is 9.92. The van der Waals surface area contributed by atoms with E-state index in [9.17, 15) is 9.59 Å². The van der Waals surface area contributed by atoms with Gasteiger partial charge in [-0.15, -0.1) is 0 Å². The lowest BCUT2D eigenvalue weighted by Crippen LogP contribution is -2.43. The molecule has 28 heavy (non-hydrogen) atoms. The molecule has 0 bridgehead atoms. The van der Waals surface area contributed by atoms with Gasteiger partial charge in [0, 0.05) is 17.9 Å². The van der Waals surface area contributed by atoms with Gasteiger partial charge in [0.15, 0.2) is 0 Å². The molecule has 0 saturated heterocycles. The minimum absolute atomic E-state index is 0.0193. The van der Waals surface area contributed by atoms with Crippen LogP contribution in [-0.2, 0) is 4.79 Å². The number of para-hydroxylation sites is 1. The molecule has 1 aliphatic rings. The summed E-state index contributed by atoms with van der Waals surface area (Å²) in [7, 11) is 0. The second kappa shape index (κ2) is 7.92. The van der Waals surface area contributed by atoms with Gasteiger partial charge in [-0.3, -0.25) is 4.79 Å². The van der Waals surface area contributed by atoms with Crippen molar-refractivity contribution < 1.29 is 14.3 Å². The van der Waals surface area contributed by atoms with Crippen molar-refractivity contribution in [1.29, 1.82) is 0 Å². The van der Waals surface area contributed by atoms with Gasteiger partial charge in [0.2, 0.25) is 5.91 Å². The number of nitrogens with zero attached hydrogens (tertiary/aromatic N) is 1.